The van der Waals surface area contributed by atoms with Crippen LogP contribution in [0, 0.1) is 0 Å². The predicted octanol–water partition coefficient (Wildman–Crippen LogP) is 0.119. The fraction of sp³-hybridized carbons (Fsp3) is 0.636. The van der Waals surface area contributed by atoms with E-state index in [2.05, 4.69) is 15.5 Å². The number of nitrogens with one attached hydrogen (secondary N) is 1. The average molecular weight is 254 g/mol. The highest BCUT2D eigenvalue weighted by Crippen LogP contribution is 1.99. The van der Waals surface area contributed by atoms with Gasteiger partial charge in [0.15, 0.2) is 0 Å². The minimum atomic E-state index is -0.822. The van der Waals surface area contributed by atoms with Gasteiger partial charge in [-0.3, -0.25) is 9.59 Å². The number of nitrogens with zero attached hydrogens (tertiary/aromatic N) is 3. The number of aryl methyl sites for hydroxylation is 1. The molecule has 0 fully saturated rings. The van der Waals surface area contributed by atoms with Crippen molar-refractivity contribution in [1.29, 1.82) is 0 Å². The number of unbranched alkanes of at least 4 members (excludes halogenated alkanes) is 1. The van der Waals surface area contributed by atoms with Gasteiger partial charge < -0.3 is 15.0 Å². The van der Waals surface area contributed by atoms with E-state index in [-0.39, 0.29) is 12.3 Å². The lowest BCUT2D eigenvalue weighted by Crippen LogP contribution is -2.26. The van der Waals surface area contributed by atoms with Crippen LogP contribution in [0.2, 0.25) is 0 Å². The van der Waals surface area contributed by atoms with Crippen LogP contribution in [0.3, 0.4) is 0 Å². The fourth-order valence-corrected chi connectivity index (χ4v) is 1.50. The molecule has 0 aliphatic heterocycles. The van der Waals surface area contributed by atoms with Gasteiger partial charge in [-0.15, -0.1) is 10.2 Å². The van der Waals surface area contributed by atoms with E-state index in [4.69, 9.17) is 5.11 Å². The molecule has 1 aromatic rings. The predicted molar refractivity (Wildman–Crippen MR) is 63.8 cm³/mol. The maximum Gasteiger partial charge on any atom is 0.303 e. The van der Waals surface area contributed by atoms with Gasteiger partial charge in [0.2, 0.25) is 5.91 Å². The highest BCUT2D eigenvalue weighted by molar-refractivity contribution is 5.75. The molecule has 0 unspecified atom stereocenters. The third-order valence-corrected chi connectivity index (χ3v) is 2.52. The number of rotatable bonds is 8. The molecule has 7 nitrogen and oxygen atoms in total. The standard InChI is InChI=1S/C11H18N4O3/c1-15-8-13-14-9(15)6-7-12-10(16)4-2-3-5-11(17)18/h8H,2-7H2,1H3,(H,12,16)(H,17,18). The third-order valence-electron chi connectivity index (χ3n) is 2.52. The molecule has 0 aliphatic carbocycles. The lowest BCUT2D eigenvalue weighted by Gasteiger charge is -2.04. The van der Waals surface area contributed by atoms with Gasteiger partial charge in [0, 0.05) is 32.9 Å². The number of hydrogen-bond acceptors (Lipinski definition) is 4. The normalized spacial score (nSPS) is 10.3. The van der Waals surface area contributed by atoms with Crippen molar-refractivity contribution in [2.45, 2.75) is 32.1 Å². The van der Waals surface area contributed by atoms with Crippen molar-refractivity contribution < 1.29 is 14.7 Å². The van der Waals surface area contributed by atoms with Gasteiger partial charge in [-0.25, -0.2) is 0 Å². The maximum absolute atomic E-state index is 11.4. The molecule has 1 rings (SSSR count). The van der Waals surface area contributed by atoms with E-state index in [1.807, 2.05) is 7.05 Å². The molecular weight excluding hydrogens is 236 g/mol. The lowest BCUT2D eigenvalue weighted by atomic mass is 10.2. The van der Waals surface area contributed by atoms with Gasteiger partial charge in [0.25, 0.3) is 0 Å². The quantitative estimate of drug-likeness (QED) is 0.642. The summed E-state index contributed by atoms with van der Waals surface area (Å²) in [6.07, 6.45) is 3.87. The minimum absolute atomic E-state index is 0.0532. The van der Waals surface area contributed by atoms with Crippen molar-refractivity contribution in [1.82, 2.24) is 20.1 Å². The van der Waals surface area contributed by atoms with E-state index >= 15 is 0 Å². The molecular formula is C11H18N4O3. The summed E-state index contributed by atoms with van der Waals surface area (Å²) >= 11 is 0. The van der Waals surface area contributed by atoms with Gasteiger partial charge in [0.05, 0.1) is 0 Å². The summed E-state index contributed by atoms with van der Waals surface area (Å²) in [5, 5.41) is 18.9. The first-order chi connectivity index (χ1) is 8.59. The molecule has 7 heteroatoms. The van der Waals surface area contributed by atoms with Gasteiger partial charge in [-0.2, -0.15) is 0 Å². The monoisotopic (exact) mass is 254 g/mol. The van der Waals surface area contributed by atoms with Crippen LogP contribution in [0.15, 0.2) is 6.33 Å². The van der Waals surface area contributed by atoms with Gasteiger partial charge in [0.1, 0.15) is 12.2 Å². The molecule has 0 spiro atoms. The number of carbonyl (C=O) groups excluding carboxylic acids is 1. The summed E-state index contributed by atoms with van der Waals surface area (Å²) in [5.41, 5.74) is 0. The zero-order valence-corrected chi connectivity index (χ0v) is 10.4. The highest BCUT2D eigenvalue weighted by Gasteiger charge is 2.04. The van der Waals surface area contributed by atoms with Gasteiger partial charge in [-0.05, 0) is 12.8 Å². The largest absolute Gasteiger partial charge is 0.481 e. The Labute approximate surface area is 105 Å². The summed E-state index contributed by atoms with van der Waals surface area (Å²) in [4.78, 5) is 21.7. The number of amides is 1. The Balaban J connectivity index is 2.07. The molecule has 0 aromatic carbocycles. The summed E-state index contributed by atoms with van der Waals surface area (Å²) in [6.45, 7) is 0.518. The second-order valence-corrected chi connectivity index (χ2v) is 4.06. The molecule has 1 heterocycles. The van der Waals surface area contributed by atoms with E-state index in [1.54, 1.807) is 10.9 Å². The van der Waals surface area contributed by atoms with Crippen LogP contribution in [0.25, 0.3) is 0 Å². The van der Waals surface area contributed by atoms with Crippen molar-refractivity contribution in [2.75, 3.05) is 6.54 Å². The minimum Gasteiger partial charge on any atom is -0.481 e. The Bertz CT molecular complexity index is 403. The van der Waals surface area contributed by atoms with Crippen molar-refractivity contribution in [3.05, 3.63) is 12.2 Å². The molecule has 0 bridgehead atoms. The summed E-state index contributed by atoms with van der Waals surface area (Å²) in [7, 11) is 1.85. The molecule has 0 saturated carbocycles. The molecule has 18 heavy (non-hydrogen) atoms. The summed E-state index contributed by atoms with van der Waals surface area (Å²) in [6, 6.07) is 0. The Hall–Kier alpha value is -1.92. The van der Waals surface area contributed by atoms with Crippen LogP contribution in [-0.2, 0) is 23.1 Å². The Kier molecular flexibility index (Phi) is 5.83. The second kappa shape index (κ2) is 7.41. The number of carboxylic acid groups (broad SMARTS) is 1. The molecule has 0 radical (unpaired) electrons. The van der Waals surface area contributed by atoms with E-state index in [9.17, 15) is 9.59 Å². The van der Waals surface area contributed by atoms with Crippen LogP contribution < -0.4 is 5.32 Å². The van der Waals surface area contributed by atoms with Crippen LogP contribution in [0.5, 0.6) is 0 Å². The number of aromatic nitrogens is 3. The molecule has 0 aliphatic rings. The molecule has 0 atom stereocenters. The Morgan fingerprint density at radius 3 is 2.72 bits per heavy atom. The zero-order chi connectivity index (χ0) is 13.4. The molecule has 0 saturated heterocycles. The van der Waals surface area contributed by atoms with E-state index in [0.29, 0.717) is 32.2 Å². The Morgan fingerprint density at radius 1 is 1.39 bits per heavy atom. The van der Waals surface area contributed by atoms with Crippen LogP contribution in [0.1, 0.15) is 31.5 Å². The summed E-state index contributed by atoms with van der Waals surface area (Å²) in [5.74, 6) is -0.0542. The first kappa shape index (κ1) is 14.1. The van der Waals surface area contributed by atoms with Gasteiger partial charge in [-0.1, -0.05) is 0 Å². The smallest absolute Gasteiger partial charge is 0.303 e. The third kappa shape index (κ3) is 5.42. The van der Waals surface area contributed by atoms with Crippen LogP contribution >= 0.6 is 0 Å². The Morgan fingerprint density at radius 2 is 2.11 bits per heavy atom. The molecule has 1 aromatic heterocycles. The fourth-order valence-electron chi connectivity index (χ4n) is 1.50. The van der Waals surface area contributed by atoms with Gasteiger partial charge >= 0.3 is 5.97 Å². The maximum atomic E-state index is 11.4. The number of carbonyl (C=O) groups is 2. The van der Waals surface area contributed by atoms with Crippen molar-refractivity contribution in [2.24, 2.45) is 7.05 Å². The number of hydrogen-bond donors (Lipinski definition) is 2. The highest BCUT2D eigenvalue weighted by atomic mass is 16.4. The van der Waals surface area contributed by atoms with Crippen LogP contribution in [0.4, 0.5) is 0 Å². The average Bonchev–Trinajstić information content (AvgIpc) is 2.70. The second-order valence-electron chi connectivity index (χ2n) is 4.06. The first-order valence-corrected chi connectivity index (χ1v) is 5.91. The van der Waals surface area contributed by atoms with E-state index in [0.717, 1.165) is 5.82 Å². The molecule has 1 amide bonds. The molecule has 2 N–H and O–H groups in total. The molecule has 100 valence electrons. The van der Waals surface area contributed by atoms with Crippen molar-refractivity contribution >= 4 is 11.9 Å². The zero-order valence-electron chi connectivity index (χ0n) is 10.4. The lowest BCUT2D eigenvalue weighted by molar-refractivity contribution is -0.137. The van der Waals surface area contributed by atoms with E-state index in [1.165, 1.54) is 0 Å². The van der Waals surface area contributed by atoms with E-state index < -0.39 is 5.97 Å². The van der Waals surface area contributed by atoms with Crippen molar-refractivity contribution in [3.63, 3.8) is 0 Å². The van der Waals surface area contributed by atoms with Crippen LogP contribution in [-0.4, -0.2) is 38.3 Å². The first-order valence-electron chi connectivity index (χ1n) is 5.91. The SMILES string of the molecule is Cn1cnnc1CCNC(=O)CCCCC(=O)O. The number of aliphatic carboxylic acids is 1. The topological polar surface area (TPSA) is 97.1 Å². The van der Waals surface area contributed by atoms with Crippen molar-refractivity contribution in [3.8, 4) is 0 Å². The number of carboxylic acids is 1. The summed E-state index contributed by atoms with van der Waals surface area (Å²) < 4.78 is 1.80.